The lowest BCUT2D eigenvalue weighted by atomic mass is 9.99. The molecule has 27 heavy (non-hydrogen) atoms. The Balaban J connectivity index is 1.55. The molecule has 0 saturated heterocycles. The van der Waals surface area contributed by atoms with Crippen molar-refractivity contribution in [3.63, 3.8) is 0 Å². The molecule has 0 bridgehead atoms. The van der Waals surface area contributed by atoms with Gasteiger partial charge in [0.2, 0.25) is 0 Å². The van der Waals surface area contributed by atoms with Crippen LogP contribution in [0.3, 0.4) is 0 Å². The molecular weight excluding hydrogens is 416 g/mol. The van der Waals surface area contributed by atoms with Crippen molar-refractivity contribution < 1.29 is 4.79 Å². The van der Waals surface area contributed by atoms with Gasteiger partial charge in [0.05, 0.1) is 5.75 Å². The van der Waals surface area contributed by atoms with Crippen LogP contribution in [0, 0.1) is 20.8 Å². The average molecular weight is 435 g/mol. The first-order valence-electron chi connectivity index (χ1n) is 8.37. The zero-order valence-electron chi connectivity index (χ0n) is 15.3. The molecule has 0 aliphatic carbocycles. The highest BCUT2D eigenvalue weighted by Gasteiger charge is 2.13. The van der Waals surface area contributed by atoms with E-state index in [2.05, 4.69) is 23.2 Å². The first-order valence-corrected chi connectivity index (χ1v) is 11.5. The van der Waals surface area contributed by atoms with Gasteiger partial charge in [-0.25, -0.2) is 0 Å². The van der Waals surface area contributed by atoms with Crippen LogP contribution in [0.25, 0.3) is 0 Å². The van der Waals surface area contributed by atoms with Crippen LogP contribution in [0.15, 0.2) is 45.1 Å². The third kappa shape index (κ3) is 5.57. The minimum Gasteiger partial charge on any atom is -0.293 e. The largest absolute Gasteiger partial charge is 0.293 e. The number of benzene rings is 2. The zero-order chi connectivity index (χ0) is 19.4. The summed E-state index contributed by atoms with van der Waals surface area (Å²) >= 11 is 10.5. The van der Waals surface area contributed by atoms with Crippen molar-refractivity contribution in [1.29, 1.82) is 0 Å². The second-order valence-corrected chi connectivity index (χ2v) is 10.1. The van der Waals surface area contributed by atoms with Gasteiger partial charge in [0.1, 0.15) is 0 Å². The quantitative estimate of drug-likeness (QED) is 0.318. The number of hydrogen-bond donors (Lipinski definition) is 0. The molecule has 3 rings (SSSR count). The smallest absolute Gasteiger partial charge is 0.175 e. The summed E-state index contributed by atoms with van der Waals surface area (Å²) in [5, 5.41) is 9.15. The van der Waals surface area contributed by atoms with Crippen molar-refractivity contribution in [2.24, 2.45) is 0 Å². The topological polar surface area (TPSA) is 42.9 Å². The third-order valence-electron chi connectivity index (χ3n) is 4.13. The lowest BCUT2D eigenvalue weighted by Gasteiger charge is -2.08. The summed E-state index contributed by atoms with van der Waals surface area (Å²) in [5.41, 5.74) is 5.37. The van der Waals surface area contributed by atoms with E-state index in [1.807, 2.05) is 44.2 Å². The molecule has 0 aliphatic heterocycles. The van der Waals surface area contributed by atoms with E-state index in [4.69, 9.17) is 11.6 Å². The van der Waals surface area contributed by atoms with Gasteiger partial charge in [-0.15, -0.1) is 10.2 Å². The summed E-state index contributed by atoms with van der Waals surface area (Å²) in [5.74, 6) is 1.32. The molecule has 3 nitrogen and oxygen atoms in total. The third-order valence-corrected chi connectivity index (χ3v) is 7.64. The van der Waals surface area contributed by atoms with Gasteiger partial charge in [0.25, 0.3) is 0 Å². The average Bonchev–Trinajstić information content (AvgIpc) is 3.10. The van der Waals surface area contributed by atoms with Crippen LogP contribution in [0.4, 0.5) is 0 Å². The first-order chi connectivity index (χ1) is 12.9. The number of thioether (sulfide) groups is 2. The van der Waals surface area contributed by atoms with Crippen molar-refractivity contribution in [1.82, 2.24) is 10.2 Å². The van der Waals surface area contributed by atoms with Crippen LogP contribution < -0.4 is 0 Å². The van der Waals surface area contributed by atoms with Gasteiger partial charge >= 0.3 is 0 Å². The fourth-order valence-corrected chi connectivity index (χ4v) is 5.49. The monoisotopic (exact) mass is 434 g/mol. The number of hydrogen-bond acceptors (Lipinski definition) is 6. The number of halogens is 1. The number of aromatic nitrogens is 2. The van der Waals surface area contributed by atoms with Crippen LogP contribution in [-0.4, -0.2) is 21.7 Å². The van der Waals surface area contributed by atoms with E-state index in [0.717, 1.165) is 36.1 Å². The maximum absolute atomic E-state index is 12.6. The molecule has 3 aromatic rings. The van der Waals surface area contributed by atoms with Gasteiger partial charge < -0.3 is 0 Å². The maximum Gasteiger partial charge on any atom is 0.175 e. The Morgan fingerprint density at radius 3 is 2.30 bits per heavy atom. The number of carbonyl (C=O) groups is 1. The van der Waals surface area contributed by atoms with E-state index in [1.165, 1.54) is 34.2 Å². The normalized spacial score (nSPS) is 11.0. The summed E-state index contributed by atoms with van der Waals surface area (Å²) in [4.78, 5) is 12.6. The van der Waals surface area contributed by atoms with Crippen molar-refractivity contribution in [3.05, 3.63) is 69.2 Å². The van der Waals surface area contributed by atoms with Gasteiger partial charge in [-0.05, 0) is 61.2 Å². The molecule has 0 amide bonds. The molecule has 140 valence electrons. The lowest BCUT2D eigenvalue weighted by molar-refractivity contribution is 0.102. The van der Waals surface area contributed by atoms with Crippen molar-refractivity contribution >= 4 is 52.2 Å². The van der Waals surface area contributed by atoms with Gasteiger partial charge in [0.15, 0.2) is 14.5 Å². The first kappa shape index (κ1) is 20.4. The maximum atomic E-state index is 12.6. The molecule has 0 atom stereocenters. The Hall–Kier alpha value is -1.34. The summed E-state index contributed by atoms with van der Waals surface area (Å²) in [6.07, 6.45) is 0. The molecule has 0 radical (unpaired) electrons. The number of rotatable bonds is 7. The highest BCUT2D eigenvalue weighted by molar-refractivity contribution is 8.03. The molecule has 0 aliphatic rings. The fourth-order valence-electron chi connectivity index (χ4n) is 2.51. The van der Waals surface area contributed by atoms with E-state index in [1.54, 1.807) is 11.8 Å². The molecule has 0 fully saturated rings. The van der Waals surface area contributed by atoms with Gasteiger partial charge in [-0.3, -0.25) is 4.79 Å². The summed E-state index contributed by atoms with van der Waals surface area (Å²) in [6, 6.07) is 11.9. The van der Waals surface area contributed by atoms with Crippen molar-refractivity contribution in [3.8, 4) is 0 Å². The summed E-state index contributed by atoms with van der Waals surface area (Å²) in [6.45, 7) is 6.09. The number of nitrogens with zero attached hydrogens (tertiary/aromatic N) is 2. The number of carbonyl (C=O) groups excluding carboxylic acids is 1. The second kappa shape index (κ2) is 9.24. The molecule has 2 aromatic carbocycles. The highest BCUT2D eigenvalue weighted by atomic mass is 35.5. The molecule has 1 aromatic heterocycles. The van der Waals surface area contributed by atoms with Crippen LogP contribution in [-0.2, 0) is 5.75 Å². The standard InChI is InChI=1S/C20H19ClN2OS3/c1-12-8-14(3)17(9-13(12)2)18(24)11-26-20-23-22-19(27-20)25-10-15-4-6-16(21)7-5-15/h4-9H,10-11H2,1-3H3. The van der Waals surface area contributed by atoms with Gasteiger partial charge in [-0.1, -0.05) is 64.7 Å². The summed E-state index contributed by atoms with van der Waals surface area (Å²) in [7, 11) is 0. The zero-order valence-corrected chi connectivity index (χ0v) is 18.5. The van der Waals surface area contributed by atoms with Crippen LogP contribution in [0.1, 0.15) is 32.6 Å². The number of Topliss-reactive ketones (excluding diaryl/α,β-unsaturated/α-hetero) is 1. The SMILES string of the molecule is Cc1cc(C)c(C(=O)CSc2nnc(SCc3ccc(Cl)cc3)s2)cc1C. The summed E-state index contributed by atoms with van der Waals surface area (Å²) < 4.78 is 1.73. The number of ketones is 1. The Kier molecular flexibility index (Phi) is 6.98. The van der Waals surface area contributed by atoms with Gasteiger partial charge in [0, 0.05) is 16.3 Å². The molecule has 0 saturated carbocycles. The van der Waals surface area contributed by atoms with Crippen LogP contribution in [0.2, 0.25) is 5.02 Å². The lowest BCUT2D eigenvalue weighted by Crippen LogP contribution is -2.06. The molecule has 7 heteroatoms. The minimum absolute atomic E-state index is 0.131. The Morgan fingerprint density at radius 1 is 0.963 bits per heavy atom. The van der Waals surface area contributed by atoms with E-state index in [0.29, 0.717) is 5.75 Å². The Labute approximate surface area is 176 Å². The fraction of sp³-hybridized carbons (Fsp3) is 0.250. The highest BCUT2D eigenvalue weighted by Crippen LogP contribution is 2.31. The van der Waals surface area contributed by atoms with Crippen molar-refractivity contribution in [2.75, 3.05) is 5.75 Å². The molecule has 0 unspecified atom stereocenters. The van der Waals surface area contributed by atoms with E-state index >= 15 is 0 Å². The molecule has 1 heterocycles. The van der Waals surface area contributed by atoms with Crippen LogP contribution >= 0.6 is 46.5 Å². The predicted octanol–water partition coefficient (Wildman–Crippen LogP) is 6.38. The van der Waals surface area contributed by atoms with E-state index in [9.17, 15) is 4.79 Å². The predicted molar refractivity (Wildman–Crippen MR) is 117 cm³/mol. The van der Waals surface area contributed by atoms with Crippen LogP contribution in [0.5, 0.6) is 0 Å². The molecule has 0 spiro atoms. The Bertz CT molecular complexity index is 954. The Morgan fingerprint density at radius 2 is 1.59 bits per heavy atom. The molecule has 0 N–H and O–H groups in total. The minimum atomic E-state index is 0.131. The molecular formula is C20H19ClN2OS3. The second-order valence-electron chi connectivity index (χ2n) is 6.21. The van der Waals surface area contributed by atoms with E-state index < -0.39 is 0 Å². The van der Waals surface area contributed by atoms with E-state index in [-0.39, 0.29) is 5.78 Å². The van der Waals surface area contributed by atoms with Crippen molar-refractivity contribution in [2.45, 2.75) is 35.2 Å². The number of aryl methyl sites for hydroxylation is 3. The van der Waals surface area contributed by atoms with Gasteiger partial charge in [-0.2, -0.15) is 0 Å².